The van der Waals surface area contributed by atoms with Gasteiger partial charge in [-0.2, -0.15) is 13.2 Å². The Balaban J connectivity index is 1.95. The Morgan fingerprint density at radius 2 is 1.83 bits per heavy atom. The standard InChI is InChI=1S/C21H16F4O5/c1-10-15-3-4-17(11(2)19(15)30-20(28)16(10)8-18(26)27)29-9-12-5-13(21(23,24)25)7-14(22)6-12/h3-7H,8-9H2,1-2H3,(H,26,27). The van der Waals surface area contributed by atoms with Crippen LogP contribution in [0, 0.1) is 19.7 Å². The Hall–Kier alpha value is -3.36. The average Bonchev–Trinajstić information content (AvgIpc) is 2.64. The molecule has 1 aromatic heterocycles. The highest BCUT2D eigenvalue weighted by atomic mass is 19.4. The second-order valence-corrected chi connectivity index (χ2v) is 6.76. The molecular weight excluding hydrogens is 408 g/mol. The van der Waals surface area contributed by atoms with Crippen LogP contribution in [0.15, 0.2) is 39.5 Å². The van der Waals surface area contributed by atoms with Gasteiger partial charge in [0.25, 0.3) is 0 Å². The van der Waals surface area contributed by atoms with Crippen LogP contribution in [-0.2, 0) is 24.0 Å². The zero-order chi connectivity index (χ0) is 22.2. The van der Waals surface area contributed by atoms with Crippen LogP contribution in [0.25, 0.3) is 11.0 Å². The van der Waals surface area contributed by atoms with E-state index in [0.717, 1.165) is 12.1 Å². The molecule has 3 rings (SSSR count). The number of aliphatic carboxylic acids is 1. The molecule has 0 atom stereocenters. The first-order chi connectivity index (χ1) is 14.0. The summed E-state index contributed by atoms with van der Waals surface area (Å²) in [6, 6.07) is 5.22. The fraction of sp³-hybridized carbons (Fsp3) is 0.238. The topological polar surface area (TPSA) is 76.7 Å². The minimum atomic E-state index is -4.69. The van der Waals surface area contributed by atoms with Crippen LogP contribution in [0.3, 0.4) is 0 Å². The van der Waals surface area contributed by atoms with E-state index < -0.39 is 35.6 Å². The number of carboxylic acids is 1. The van der Waals surface area contributed by atoms with E-state index in [4.69, 9.17) is 14.3 Å². The van der Waals surface area contributed by atoms with Crippen molar-refractivity contribution in [2.75, 3.05) is 0 Å². The average molecular weight is 424 g/mol. The van der Waals surface area contributed by atoms with E-state index >= 15 is 0 Å². The first kappa shape index (κ1) is 21.4. The predicted molar refractivity (Wildman–Crippen MR) is 99.0 cm³/mol. The quantitative estimate of drug-likeness (QED) is 0.472. The van der Waals surface area contributed by atoms with Gasteiger partial charge in [-0.15, -0.1) is 0 Å². The van der Waals surface area contributed by atoms with Gasteiger partial charge >= 0.3 is 17.8 Å². The second kappa shape index (κ2) is 7.81. The lowest BCUT2D eigenvalue weighted by Gasteiger charge is -2.14. The molecule has 0 saturated carbocycles. The van der Waals surface area contributed by atoms with Crippen molar-refractivity contribution in [2.24, 2.45) is 0 Å². The zero-order valence-electron chi connectivity index (χ0n) is 15.9. The SMILES string of the molecule is Cc1c(CC(=O)O)c(=O)oc2c(C)c(OCc3cc(F)cc(C(F)(F)F)c3)ccc12. The van der Waals surface area contributed by atoms with E-state index in [9.17, 15) is 27.2 Å². The number of halogens is 4. The van der Waals surface area contributed by atoms with Gasteiger partial charge in [0.15, 0.2) is 0 Å². The summed E-state index contributed by atoms with van der Waals surface area (Å²) in [6.07, 6.45) is -5.17. The number of hydrogen-bond donors (Lipinski definition) is 1. The zero-order valence-corrected chi connectivity index (χ0v) is 15.9. The predicted octanol–water partition coefficient (Wildman–Crippen LogP) is 4.77. The number of benzene rings is 2. The summed E-state index contributed by atoms with van der Waals surface area (Å²) in [5.41, 5.74) is -0.857. The van der Waals surface area contributed by atoms with Gasteiger partial charge in [0.1, 0.15) is 23.8 Å². The number of ether oxygens (including phenoxy) is 1. The smallest absolute Gasteiger partial charge is 0.416 e. The number of rotatable bonds is 5. The lowest BCUT2D eigenvalue weighted by molar-refractivity contribution is -0.138. The van der Waals surface area contributed by atoms with Crippen LogP contribution >= 0.6 is 0 Å². The van der Waals surface area contributed by atoms with Crippen LogP contribution in [-0.4, -0.2) is 11.1 Å². The molecule has 0 amide bonds. The highest BCUT2D eigenvalue weighted by molar-refractivity contribution is 5.86. The largest absolute Gasteiger partial charge is 0.488 e. The summed E-state index contributed by atoms with van der Waals surface area (Å²) in [5.74, 6) is -1.98. The Labute approximate surface area is 167 Å². The lowest BCUT2D eigenvalue weighted by atomic mass is 10.0. The molecule has 3 aromatic rings. The van der Waals surface area contributed by atoms with Crippen molar-refractivity contribution in [3.63, 3.8) is 0 Å². The number of hydrogen-bond acceptors (Lipinski definition) is 4. The molecule has 0 bridgehead atoms. The van der Waals surface area contributed by atoms with Gasteiger partial charge in [0.2, 0.25) is 0 Å². The molecule has 0 spiro atoms. The Morgan fingerprint density at radius 3 is 2.47 bits per heavy atom. The van der Waals surface area contributed by atoms with Gasteiger partial charge in [0.05, 0.1) is 17.5 Å². The van der Waals surface area contributed by atoms with Gasteiger partial charge < -0.3 is 14.3 Å². The maximum absolute atomic E-state index is 13.5. The van der Waals surface area contributed by atoms with Crippen molar-refractivity contribution in [1.82, 2.24) is 0 Å². The molecule has 9 heteroatoms. The van der Waals surface area contributed by atoms with E-state index in [0.29, 0.717) is 22.6 Å². The first-order valence-corrected chi connectivity index (χ1v) is 8.74. The number of fused-ring (bicyclic) bond motifs is 1. The number of carbonyl (C=O) groups is 1. The molecule has 0 aliphatic carbocycles. The van der Waals surface area contributed by atoms with E-state index in [2.05, 4.69) is 0 Å². The molecule has 2 aromatic carbocycles. The van der Waals surface area contributed by atoms with Gasteiger partial charge in [0, 0.05) is 10.9 Å². The fourth-order valence-corrected chi connectivity index (χ4v) is 3.14. The van der Waals surface area contributed by atoms with Gasteiger partial charge in [-0.3, -0.25) is 4.79 Å². The normalized spacial score (nSPS) is 11.7. The molecule has 0 radical (unpaired) electrons. The molecule has 0 fully saturated rings. The Morgan fingerprint density at radius 1 is 1.13 bits per heavy atom. The van der Waals surface area contributed by atoms with Crippen molar-refractivity contribution in [3.05, 3.63) is 74.4 Å². The number of aryl methyl sites for hydroxylation is 2. The van der Waals surface area contributed by atoms with Crippen molar-refractivity contribution in [1.29, 1.82) is 0 Å². The van der Waals surface area contributed by atoms with Crippen LogP contribution in [0.5, 0.6) is 5.75 Å². The molecule has 1 heterocycles. The summed E-state index contributed by atoms with van der Waals surface area (Å²) >= 11 is 0. The summed E-state index contributed by atoms with van der Waals surface area (Å²) in [6.45, 7) is 2.85. The van der Waals surface area contributed by atoms with E-state index in [1.165, 1.54) is 6.07 Å². The minimum absolute atomic E-state index is 0.0174. The molecule has 0 aliphatic rings. The Kier molecular flexibility index (Phi) is 5.56. The van der Waals surface area contributed by atoms with Crippen molar-refractivity contribution >= 4 is 16.9 Å². The molecule has 0 saturated heterocycles. The molecule has 1 N–H and O–H groups in total. The summed E-state index contributed by atoms with van der Waals surface area (Å²) in [4.78, 5) is 23.1. The summed E-state index contributed by atoms with van der Waals surface area (Å²) < 4.78 is 62.9. The third kappa shape index (κ3) is 4.29. The van der Waals surface area contributed by atoms with Gasteiger partial charge in [-0.05, 0) is 55.3 Å². The van der Waals surface area contributed by atoms with Gasteiger partial charge in [-0.25, -0.2) is 9.18 Å². The number of carboxylic acid groups (broad SMARTS) is 1. The number of alkyl halides is 3. The van der Waals surface area contributed by atoms with Crippen LogP contribution in [0.1, 0.15) is 27.8 Å². The third-order valence-electron chi connectivity index (χ3n) is 4.66. The van der Waals surface area contributed by atoms with Crippen LogP contribution < -0.4 is 10.4 Å². The maximum atomic E-state index is 13.5. The second-order valence-electron chi connectivity index (χ2n) is 6.76. The van der Waals surface area contributed by atoms with Crippen LogP contribution in [0.4, 0.5) is 17.6 Å². The molecule has 158 valence electrons. The molecule has 0 unspecified atom stereocenters. The Bertz CT molecular complexity index is 1190. The third-order valence-corrected chi connectivity index (χ3v) is 4.66. The van der Waals surface area contributed by atoms with Crippen LogP contribution in [0.2, 0.25) is 0 Å². The lowest BCUT2D eigenvalue weighted by Crippen LogP contribution is -2.15. The summed E-state index contributed by atoms with van der Waals surface area (Å²) in [5, 5.41) is 9.47. The van der Waals surface area contributed by atoms with E-state index in [1.807, 2.05) is 0 Å². The van der Waals surface area contributed by atoms with Gasteiger partial charge in [-0.1, -0.05) is 0 Å². The van der Waals surface area contributed by atoms with Crippen molar-refractivity contribution in [3.8, 4) is 5.75 Å². The summed E-state index contributed by atoms with van der Waals surface area (Å²) in [7, 11) is 0. The highest BCUT2D eigenvalue weighted by Gasteiger charge is 2.31. The van der Waals surface area contributed by atoms with Crippen molar-refractivity contribution < 1.29 is 36.6 Å². The monoisotopic (exact) mass is 424 g/mol. The molecular formula is C21H16F4O5. The maximum Gasteiger partial charge on any atom is 0.416 e. The molecule has 0 aliphatic heterocycles. The molecule has 30 heavy (non-hydrogen) atoms. The fourth-order valence-electron chi connectivity index (χ4n) is 3.14. The molecule has 5 nitrogen and oxygen atoms in total. The highest BCUT2D eigenvalue weighted by Crippen LogP contribution is 2.32. The first-order valence-electron chi connectivity index (χ1n) is 8.74. The van der Waals surface area contributed by atoms with E-state index in [-0.39, 0.29) is 29.1 Å². The van der Waals surface area contributed by atoms with Crippen molar-refractivity contribution in [2.45, 2.75) is 33.1 Å². The minimum Gasteiger partial charge on any atom is -0.488 e. The van der Waals surface area contributed by atoms with E-state index in [1.54, 1.807) is 19.9 Å².